The Bertz CT molecular complexity index is 696. The lowest BCUT2D eigenvalue weighted by molar-refractivity contribution is -0.125. The number of halogens is 1. The van der Waals surface area contributed by atoms with Gasteiger partial charge in [0.15, 0.2) is 5.96 Å². The van der Waals surface area contributed by atoms with E-state index in [0.717, 1.165) is 50.7 Å². The molecule has 2 N–H and O–H groups in total. The number of guanidine groups is 1. The van der Waals surface area contributed by atoms with Crippen molar-refractivity contribution in [3.63, 3.8) is 0 Å². The average Bonchev–Trinajstić information content (AvgIpc) is 3.27. The van der Waals surface area contributed by atoms with Gasteiger partial charge in [-0.1, -0.05) is 18.9 Å². The van der Waals surface area contributed by atoms with Crippen molar-refractivity contribution < 1.29 is 4.74 Å². The minimum Gasteiger partial charge on any atom is -0.378 e. The van der Waals surface area contributed by atoms with E-state index in [1.807, 2.05) is 13.2 Å². The van der Waals surface area contributed by atoms with E-state index < -0.39 is 0 Å². The van der Waals surface area contributed by atoms with Crippen molar-refractivity contribution in [1.29, 1.82) is 0 Å². The summed E-state index contributed by atoms with van der Waals surface area (Å²) in [5.74, 6) is 2.05. The molecular weight excluding hydrogens is 489 g/mol. The van der Waals surface area contributed by atoms with Crippen LogP contribution >= 0.6 is 24.0 Å². The highest BCUT2D eigenvalue weighted by Gasteiger charge is 2.57. The highest BCUT2D eigenvalue weighted by Crippen LogP contribution is 2.54. The van der Waals surface area contributed by atoms with E-state index in [2.05, 4.69) is 51.5 Å². The second kappa shape index (κ2) is 10.5. The number of nitrogens with zero attached hydrogens (tertiary/aromatic N) is 3. The molecule has 3 aliphatic rings. The van der Waals surface area contributed by atoms with Gasteiger partial charge in [-0.2, -0.15) is 0 Å². The van der Waals surface area contributed by atoms with Crippen LogP contribution in [0.3, 0.4) is 0 Å². The van der Waals surface area contributed by atoms with Gasteiger partial charge in [-0.15, -0.1) is 24.0 Å². The van der Waals surface area contributed by atoms with Crippen molar-refractivity contribution in [2.75, 3.05) is 31.6 Å². The van der Waals surface area contributed by atoms with Crippen LogP contribution in [0.5, 0.6) is 0 Å². The van der Waals surface area contributed by atoms with Gasteiger partial charge in [-0.3, -0.25) is 4.99 Å². The standard InChI is InChI=1S/C23H37N5O.HI/c1-4-29-20-15-19(23(20)11-5-6-12-23)27-22(24-3)26-18-9-13-28(14-10-18)21-8-7-17(2)16-25-21;/h7-8,16,18-20H,4-6,9-15H2,1-3H3,(H2,24,26,27);1H. The van der Waals surface area contributed by atoms with Crippen LogP contribution in [-0.2, 0) is 4.74 Å². The van der Waals surface area contributed by atoms with Gasteiger partial charge in [0.25, 0.3) is 0 Å². The van der Waals surface area contributed by atoms with E-state index in [0.29, 0.717) is 23.6 Å². The number of piperidine rings is 1. The Balaban J connectivity index is 0.00000256. The number of pyridine rings is 1. The molecule has 4 rings (SSSR count). The highest BCUT2D eigenvalue weighted by atomic mass is 127. The number of aromatic nitrogens is 1. The summed E-state index contributed by atoms with van der Waals surface area (Å²) >= 11 is 0. The molecule has 168 valence electrons. The van der Waals surface area contributed by atoms with Crippen LogP contribution in [0.15, 0.2) is 23.3 Å². The van der Waals surface area contributed by atoms with Gasteiger partial charge < -0.3 is 20.3 Å². The fraction of sp³-hybridized carbons (Fsp3) is 0.739. The minimum atomic E-state index is 0. The Kier molecular flexibility index (Phi) is 8.24. The van der Waals surface area contributed by atoms with Gasteiger partial charge in [-0.25, -0.2) is 4.98 Å². The van der Waals surface area contributed by atoms with E-state index in [-0.39, 0.29) is 24.0 Å². The zero-order valence-corrected chi connectivity index (χ0v) is 21.0. The zero-order chi connectivity index (χ0) is 20.3. The predicted octanol–water partition coefficient (Wildman–Crippen LogP) is 3.88. The van der Waals surface area contributed by atoms with E-state index in [1.165, 1.54) is 31.2 Å². The molecule has 0 aromatic carbocycles. The molecule has 2 unspecified atom stereocenters. The Morgan fingerprint density at radius 1 is 1.23 bits per heavy atom. The third-order valence-electron chi connectivity index (χ3n) is 7.28. The normalized spacial score (nSPS) is 26.2. The largest absolute Gasteiger partial charge is 0.378 e. The van der Waals surface area contributed by atoms with Crippen molar-refractivity contribution in [1.82, 2.24) is 15.6 Å². The smallest absolute Gasteiger partial charge is 0.191 e. The summed E-state index contributed by atoms with van der Waals surface area (Å²) in [5, 5.41) is 7.44. The molecule has 30 heavy (non-hydrogen) atoms. The van der Waals surface area contributed by atoms with Crippen molar-refractivity contribution in [3.05, 3.63) is 23.9 Å². The molecule has 1 spiro atoms. The maximum Gasteiger partial charge on any atom is 0.191 e. The first-order chi connectivity index (χ1) is 14.1. The van der Waals surface area contributed by atoms with Crippen molar-refractivity contribution in [2.24, 2.45) is 10.4 Å². The summed E-state index contributed by atoms with van der Waals surface area (Å²) in [6.45, 7) is 7.08. The Morgan fingerprint density at radius 3 is 2.57 bits per heavy atom. The molecule has 2 atom stereocenters. The summed E-state index contributed by atoms with van der Waals surface area (Å²) in [4.78, 5) is 11.5. The quantitative estimate of drug-likeness (QED) is 0.346. The second-order valence-corrected chi connectivity index (χ2v) is 8.99. The van der Waals surface area contributed by atoms with Gasteiger partial charge in [-0.05, 0) is 57.6 Å². The van der Waals surface area contributed by atoms with E-state index in [9.17, 15) is 0 Å². The van der Waals surface area contributed by atoms with Crippen molar-refractivity contribution >= 4 is 35.8 Å². The van der Waals surface area contributed by atoms with Crippen LogP contribution < -0.4 is 15.5 Å². The van der Waals surface area contributed by atoms with Gasteiger partial charge in [0, 0.05) is 50.4 Å². The maximum atomic E-state index is 6.06. The van der Waals surface area contributed by atoms with E-state index in [4.69, 9.17) is 4.74 Å². The number of nitrogens with one attached hydrogen (secondary N) is 2. The first-order valence-electron chi connectivity index (χ1n) is 11.4. The lowest BCUT2D eigenvalue weighted by Crippen LogP contribution is -2.65. The fourth-order valence-electron chi connectivity index (χ4n) is 5.52. The number of rotatable bonds is 5. The SMILES string of the molecule is CCOC1CC(NC(=NC)NC2CCN(c3ccc(C)cn3)CC2)C12CCCC2.I. The number of hydrogen-bond acceptors (Lipinski definition) is 4. The number of ether oxygens (including phenoxy) is 1. The molecule has 1 aromatic rings. The molecule has 1 aliphatic heterocycles. The van der Waals surface area contributed by atoms with Crippen LogP contribution in [0.25, 0.3) is 0 Å². The third kappa shape index (κ3) is 4.87. The van der Waals surface area contributed by atoms with Gasteiger partial charge in [0.1, 0.15) is 5.82 Å². The minimum absolute atomic E-state index is 0. The maximum absolute atomic E-state index is 6.06. The topological polar surface area (TPSA) is 61.8 Å². The monoisotopic (exact) mass is 527 g/mol. The zero-order valence-electron chi connectivity index (χ0n) is 18.7. The van der Waals surface area contributed by atoms with Crippen LogP contribution in [0.1, 0.15) is 57.4 Å². The first-order valence-corrected chi connectivity index (χ1v) is 11.4. The van der Waals surface area contributed by atoms with E-state index in [1.54, 1.807) is 0 Å². The summed E-state index contributed by atoms with van der Waals surface area (Å²) in [6.07, 6.45) is 10.9. The van der Waals surface area contributed by atoms with Crippen molar-refractivity contribution in [3.8, 4) is 0 Å². The Labute approximate surface area is 198 Å². The summed E-state index contributed by atoms with van der Waals surface area (Å²) < 4.78 is 6.06. The molecule has 7 heteroatoms. The average molecular weight is 527 g/mol. The molecule has 2 heterocycles. The summed E-state index contributed by atoms with van der Waals surface area (Å²) in [7, 11) is 1.89. The molecule has 2 saturated carbocycles. The molecular formula is C23H38IN5O. The molecule has 0 bridgehead atoms. The first kappa shape index (κ1) is 23.6. The number of anilines is 1. The molecule has 0 amide bonds. The molecule has 2 aliphatic carbocycles. The van der Waals surface area contributed by atoms with Gasteiger partial charge in [0.2, 0.25) is 0 Å². The third-order valence-corrected chi connectivity index (χ3v) is 7.28. The van der Waals surface area contributed by atoms with Crippen LogP contribution in [0, 0.1) is 12.3 Å². The molecule has 1 saturated heterocycles. The summed E-state index contributed by atoms with van der Waals surface area (Å²) in [6, 6.07) is 5.23. The van der Waals surface area contributed by atoms with Crippen molar-refractivity contribution in [2.45, 2.75) is 77.0 Å². The highest BCUT2D eigenvalue weighted by molar-refractivity contribution is 14.0. The molecule has 6 nitrogen and oxygen atoms in total. The van der Waals surface area contributed by atoms with Crippen LogP contribution in [-0.4, -0.2) is 55.9 Å². The number of hydrogen-bond donors (Lipinski definition) is 2. The lowest BCUT2D eigenvalue weighted by Gasteiger charge is -2.54. The predicted molar refractivity (Wildman–Crippen MR) is 134 cm³/mol. The molecule has 1 aromatic heterocycles. The van der Waals surface area contributed by atoms with Gasteiger partial charge >= 0.3 is 0 Å². The number of aryl methyl sites for hydroxylation is 1. The van der Waals surface area contributed by atoms with Crippen LogP contribution in [0.4, 0.5) is 5.82 Å². The van der Waals surface area contributed by atoms with Gasteiger partial charge in [0.05, 0.1) is 6.10 Å². The fourth-order valence-corrected chi connectivity index (χ4v) is 5.52. The van der Waals surface area contributed by atoms with Crippen LogP contribution in [0.2, 0.25) is 0 Å². The molecule has 0 radical (unpaired) electrons. The lowest BCUT2D eigenvalue weighted by atomic mass is 9.60. The Morgan fingerprint density at radius 2 is 1.97 bits per heavy atom. The Hall–Kier alpha value is -1.09. The summed E-state index contributed by atoms with van der Waals surface area (Å²) in [5.41, 5.74) is 1.54. The van der Waals surface area contributed by atoms with E-state index >= 15 is 0 Å². The second-order valence-electron chi connectivity index (χ2n) is 8.99. The molecule has 3 fully saturated rings. The number of aliphatic imine (C=N–C) groups is 1.